The van der Waals surface area contributed by atoms with E-state index in [2.05, 4.69) is 10.3 Å². The van der Waals surface area contributed by atoms with Crippen molar-refractivity contribution in [2.45, 2.75) is 13.5 Å². The standard InChI is InChI=1S/C14H13F2N3O/c1-8-13(3-2-11(7-17)18-8)14(20)19-12-5-9(15)4-10(16)6-12/h2-6H,7,17H2,1H3,(H,19,20). The number of benzene rings is 1. The van der Waals surface area contributed by atoms with Crippen molar-refractivity contribution < 1.29 is 13.6 Å². The maximum atomic E-state index is 13.0. The van der Waals surface area contributed by atoms with Crippen LogP contribution in [0.5, 0.6) is 0 Å². The second-order valence-electron chi connectivity index (χ2n) is 4.25. The van der Waals surface area contributed by atoms with Crippen LogP contribution in [0.2, 0.25) is 0 Å². The lowest BCUT2D eigenvalue weighted by molar-refractivity contribution is 0.102. The fourth-order valence-electron chi connectivity index (χ4n) is 1.79. The van der Waals surface area contributed by atoms with Crippen molar-refractivity contribution >= 4 is 11.6 Å². The van der Waals surface area contributed by atoms with E-state index in [4.69, 9.17) is 5.73 Å². The summed E-state index contributed by atoms with van der Waals surface area (Å²) in [5.74, 6) is -1.99. The summed E-state index contributed by atoms with van der Waals surface area (Å²) in [5.41, 5.74) is 7.00. The summed E-state index contributed by atoms with van der Waals surface area (Å²) in [5, 5.41) is 2.43. The van der Waals surface area contributed by atoms with Gasteiger partial charge in [-0.15, -0.1) is 0 Å². The number of nitrogens with zero attached hydrogens (tertiary/aromatic N) is 1. The number of hydrogen-bond donors (Lipinski definition) is 2. The zero-order valence-corrected chi connectivity index (χ0v) is 10.8. The van der Waals surface area contributed by atoms with Gasteiger partial charge in [-0.1, -0.05) is 0 Å². The fraction of sp³-hybridized carbons (Fsp3) is 0.143. The van der Waals surface area contributed by atoms with Crippen molar-refractivity contribution in [3.63, 3.8) is 0 Å². The summed E-state index contributed by atoms with van der Waals surface area (Å²) < 4.78 is 26.1. The van der Waals surface area contributed by atoms with E-state index in [1.165, 1.54) is 0 Å². The highest BCUT2D eigenvalue weighted by atomic mass is 19.1. The summed E-state index contributed by atoms with van der Waals surface area (Å²) in [6.07, 6.45) is 0. The van der Waals surface area contributed by atoms with E-state index in [1.54, 1.807) is 19.1 Å². The van der Waals surface area contributed by atoms with Crippen LogP contribution in [0.1, 0.15) is 21.7 Å². The van der Waals surface area contributed by atoms with E-state index in [1.807, 2.05) is 0 Å². The number of hydrogen-bond acceptors (Lipinski definition) is 3. The lowest BCUT2D eigenvalue weighted by Crippen LogP contribution is -2.15. The first-order chi connectivity index (χ1) is 9.49. The number of halogens is 2. The highest BCUT2D eigenvalue weighted by molar-refractivity contribution is 6.04. The highest BCUT2D eigenvalue weighted by Crippen LogP contribution is 2.15. The number of aryl methyl sites for hydroxylation is 1. The molecule has 3 N–H and O–H groups in total. The molecule has 0 saturated carbocycles. The third-order valence-electron chi connectivity index (χ3n) is 2.72. The molecule has 1 aromatic heterocycles. The van der Waals surface area contributed by atoms with Crippen LogP contribution in [-0.4, -0.2) is 10.9 Å². The van der Waals surface area contributed by atoms with Gasteiger partial charge in [-0.05, 0) is 31.2 Å². The SMILES string of the molecule is Cc1nc(CN)ccc1C(=O)Nc1cc(F)cc(F)c1. The third-order valence-corrected chi connectivity index (χ3v) is 2.72. The molecule has 1 amide bonds. The van der Waals surface area contributed by atoms with E-state index in [0.29, 0.717) is 17.0 Å². The monoisotopic (exact) mass is 277 g/mol. The summed E-state index contributed by atoms with van der Waals surface area (Å²) in [6.45, 7) is 1.94. The van der Waals surface area contributed by atoms with Gasteiger partial charge in [0.05, 0.1) is 17.0 Å². The van der Waals surface area contributed by atoms with E-state index in [9.17, 15) is 13.6 Å². The Kier molecular flexibility index (Phi) is 4.05. The molecule has 0 spiro atoms. The topological polar surface area (TPSA) is 68.0 Å². The van der Waals surface area contributed by atoms with Gasteiger partial charge in [0.2, 0.25) is 0 Å². The second kappa shape index (κ2) is 5.75. The van der Waals surface area contributed by atoms with Crippen molar-refractivity contribution in [1.29, 1.82) is 0 Å². The molecule has 104 valence electrons. The van der Waals surface area contributed by atoms with E-state index >= 15 is 0 Å². The number of aromatic nitrogens is 1. The smallest absolute Gasteiger partial charge is 0.257 e. The number of carbonyl (C=O) groups is 1. The van der Waals surface area contributed by atoms with Crippen molar-refractivity contribution in [2.24, 2.45) is 5.73 Å². The van der Waals surface area contributed by atoms with Crippen molar-refractivity contribution in [3.05, 3.63) is 58.9 Å². The summed E-state index contributed by atoms with van der Waals surface area (Å²) >= 11 is 0. The number of anilines is 1. The minimum absolute atomic E-state index is 0.0507. The first kappa shape index (κ1) is 14.1. The fourth-order valence-corrected chi connectivity index (χ4v) is 1.79. The Morgan fingerprint density at radius 3 is 2.45 bits per heavy atom. The molecule has 0 bridgehead atoms. The first-order valence-electron chi connectivity index (χ1n) is 5.93. The Bertz CT molecular complexity index is 639. The number of rotatable bonds is 3. The van der Waals surface area contributed by atoms with Gasteiger partial charge in [0.15, 0.2) is 0 Å². The Hall–Kier alpha value is -2.34. The predicted molar refractivity (Wildman–Crippen MR) is 71.2 cm³/mol. The van der Waals surface area contributed by atoms with Crippen molar-refractivity contribution in [2.75, 3.05) is 5.32 Å². The summed E-state index contributed by atoms with van der Waals surface area (Å²) in [6, 6.07) is 6.03. The van der Waals surface area contributed by atoms with Crippen LogP contribution < -0.4 is 11.1 Å². The number of nitrogens with two attached hydrogens (primary N) is 1. The molecule has 0 unspecified atom stereocenters. The second-order valence-corrected chi connectivity index (χ2v) is 4.25. The average Bonchev–Trinajstić information content (AvgIpc) is 2.36. The summed E-state index contributed by atoms with van der Waals surface area (Å²) in [7, 11) is 0. The van der Waals surface area contributed by atoms with Gasteiger partial charge in [-0.3, -0.25) is 9.78 Å². The summed E-state index contributed by atoms with van der Waals surface area (Å²) in [4.78, 5) is 16.2. The minimum atomic E-state index is -0.756. The number of nitrogens with one attached hydrogen (secondary N) is 1. The van der Waals surface area contributed by atoms with Gasteiger partial charge in [0.25, 0.3) is 5.91 Å². The highest BCUT2D eigenvalue weighted by Gasteiger charge is 2.12. The molecule has 4 nitrogen and oxygen atoms in total. The molecular formula is C14H13F2N3O. The Morgan fingerprint density at radius 1 is 1.25 bits per heavy atom. The van der Waals surface area contributed by atoms with Gasteiger partial charge in [-0.2, -0.15) is 0 Å². The Labute approximate surface area is 114 Å². The van der Waals surface area contributed by atoms with Crippen LogP contribution in [-0.2, 0) is 6.54 Å². The zero-order valence-electron chi connectivity index (χ0n) is 10.8. The molecule has 2 aromatic rings. The molecular weight excluding hydrogens is 264 g/mol. The van der Waals surface area contributed by atoms with Gasteiger partial charge >= 0.3 is 0 Å². The van der Waals surface area contributed by atoms with Crippen molar-refractivity contribution in [3.8, 4) is 0 Å². The zero-order chi connectivity index (χ0) is 14.7. The normalized spacial score (nSPS) is 10.4. The molecule has 1 aromatic carbocycles. The van der Waals surface area contributed by atoms with Gasteiger partial charge in [-0.25, -0.2) is 8.78 Å². The van der Waals surface area contributed by atoms with Crippen LogP contribution in [0.4, 0.5) is 14.5 Å². The van der Waals surface area contributed by atoms with Crippen molar-refractivity contribution in [1.82, 2.24) is 4.98 Å². The molecule has 0 atom stereocenters. The van der Waals surface area contributed by atoms with Crippen LogP contribution >= 0.6 is 0 Å². The van der Waals surface area contributed by atoms with Crippen LogP contribution in [0.25, 0.3) is 0 Å². The van der Waals surface area contributed by atoms with Crippen LogP contribution in [0, 0.1) is 18.6 Å². The third kappa shape index (κ3) is 3.16. The molecule has 0 aliphatic carbocycles. The predicted octanol–water partition coefficient (Wildman–Crippen LogP) is 2.38. The van der Waals surface area contributed by atoms with Gasteiger partial charge < -0.3 is 11.1 Å². The molecule has 20 heavy (non-hydrogen) atoms. The van der Waals surface area contributed by atoms with E-state index in [0.717, 1.165) is 18.2 Å². The molecule has 6 heteroatoms. The average molecular weight is 277 g/mol. The van der Waals surface area contributed by atoms with Gasteiger partial charge in [0.1, 0.15) is 11.6 Å². The minimum Gasteiger partial charge on any atom is -0.325 e. The first-order valence-corrected chi connectivity index (χ1v) is 5.93. The van der Waals surface area contributed by atoms with Crippen LogP contribution in [0.15, 0.2) is 30.3 Å². The Balaban J connectivity index is 2.23. The number of pyridine rings is 1. The molecule has 0 saturated heterocycles. The maximum absolute atomic E-state index is 13.0. The number of carbonyl (C=O) groups excluding carboxylic acids is 1. The van der Waals surface area contributed by atoms with E-state index in [-0.39, 0.29) is 12.2 Å². The number of amides is 1. The molecule has 2 rings (SSSR count). The van der Waals surface area contributed by atoms with Crippen LogP contribution in [0.3, 0.4) is 0 Å². The molecule has 0 fully saturated rings. The quantitative estimate of drug-likeness (QED) is 0.905. The molecule has 0 aliphatic rings. The van der Waals surface area contributed by atoms with E-state index < -0.39 is 17.5 Å². The maximum Gasteiger partial charge on any atom is 0.257 e. The largest absolute Gasteiger partial charge is 0.325 e. The lowest BCUT2D eigenvalue weighted by atomic mass is 10.1. The lowest BCUT2D eigenvalue weighted by Gasteiger charge is -2.08. The molecule has 0 aliphatic heterocycles. The molecule has 0 radical (unpaired) electrons. The molecule has 1 heterocycles. The van der Waals surface area contributed by atoms with Gasteiger partial charge in [0, 0.05) is 18.3 Å². The Morgan fingerprint density at radius 2 is 1.90 bits per heavy atom.